The van der Waals surface area contributed by atoms with Crippen molar-refractivity contribution in [1.29, 1.82) is 0 Å². The third kappa shape index (κ3) is 4.52. The van der Waals surface area contributed by atoms with Gasteiger partial charge in [0, 0.05) is 60.8 Å². The molecule has 1 aliphatic rings. The van der Waals surface area contributed by atoms with Gasteiger partial charge < -0.3 is 24.5 Å². The van der Waals surface area contributed by atoms with Gasteiger partial charge in [-0.15, -0.1) is 0 Å². The van der Waals surface area contributed by atoms with E-state index in [-0.39, 0.29) is 11.9 Å². The molecule has 5 rings (SSSR count). The van der Waals surface area contributed by atoms with E-state index >= 15 is 0 Å². The van der Waals surface area contributed by atoms with Gasteiger partial charge in [0.15, 0.2) is 6.10 Å². The highest BCUT2D eigenvalue weighted by Crippen LogP contribution is 2.36. The fourth-order valence-corrected chi connectivity index (χ4v) is 4.73. The zero-order valence-electron chi connectivity index (χ0n) is 19.9. The van der Waals surface area contributed by atoms with Gasteiger partial charge in [-0.25, -0.2) is 4.98 Å². The highest BCUT2D eigenvalue weighted by Gasteiger charge is 2.28. The number of aromatic amines is 1. The summed E-state index contributed by atoms with van der Waals surface area (Å²) < 4.78 is 11.0. The molecule has 1 atom stereocenters. The lowest BCUT2D eigenvalue weighted by Crippen LogP contribution is -2.42. The number of hydrogen-bond acceptors (Lipinski definition) is 5. The zero-order valence-corrected chi connectivity index (χ0v) is 19.9. The smallest absolute Gasteiger partial charge is 0.256 e. The topological polar surface area (TPSA) is 87.7 Å². The molecule has 2 aromatic carbocycles. The molecule has 1 unspecified atom stereocenters. The molecule has 4 aromatic rings. The van der Waals surface area contributed by atoms with Gasteiger partial charge in [-0.2, -0.15) is 0 Å². The molecule has 0 radical (unpaired) electrons. The van der Waals surface area contributed by atoms with Crippen molar-refractivity contribution in [3.8, 4) is 28.0 Å². The average Bonchev–Trinajstić information content (AvgIpc) is 3.35. The Kier molecular flexibility index (Phi) is 6.53. The number of carbonyl (C=O) groups is 1. The van der Waals surface area contributed by atoms with E-state index in [1.165, 1.54) is 0 Å². The van der Waals surface area contributed by atoms with Gasteiger partial charge in [0.05, 0.1) is 7.11 Å². The van der Waals surface area contributed by atoms with Crippen molar-refractivity contribution in [1.82, 2.24) is 14.9 Å². The lowest BCUT2D eigenvalue weighted by atomic mass is 9.98. The standard InChI is InChI=1S/C28H29N3O4/c1-31(21-10-12-35-13-11-21)28(33)26(32)19-7-5-6-18(14-19)20-15-23-24(17-30-27(23)29-16-20)22-8-3-4-9-25(22)34-2/h3-9,14-17,21,26,32H,10-13H2,1-2H3,(H,29,30). The second kappa shape index (κ2) is 9.90. The maximum absolute atomic E-state index is 13.0. The molecule has 180 valence electrons. The predicted molar refractivity (Wildman–Crippen MR) is 135 cm³/mol. The maximum atomic E-state index is 13.0. The molecule has 1 amide bonds. The van der Waals surface area contributed by atoms with Crippen LogP contribution in [0.2, 0.25) is 0 Å². The molecule has 2 aromatic heterocycles. The van der Waals surface area contributed by atoms with Crippen LogP contribution in [0.1, 0.15) is 24.5 Å². The van der Waals surface area contributed by atoms with Crippen molar-refractivity contribution < 1.29 is 19.4 Å². The number of carbonyl (C=O) groups excluding carboxylic acids is 1. The summed E-state index contributed by atoms with van der Waals surface area (Å²) >= 11 is 0. The van der Waals surface area contributed by atoms with E-state index in [0.717, 1.165) is 51.9 Å². The van der Waals surface area contributed by atoms with E-state index in [9.17, 15) is 9.90 Å². The van der Waals surface area contributed by atoms with E-state index in [0.29, 0.717) is 18.8 Å². The van der Waals surface area contributed by atoms with Crippen LogP contribution < -0.4 is 4.74 Å². The predicted octanol–water partition coefficient (Wildman–Crippen LogP) is 4.58. The Morgan fingerprint density at radius 3 is 2.71 bits per heavy atom. The molecule has 2 N–H and O–H groups in total. The minimum Gasteiger partial charge on any atom is -0.496 e. The highest BCUT2D eigenvalue weighted by molar-refractivity contribution is 5.97. The number of methoxy groups -OCH3 is 1. The number of fused-ring (bicyclic) bond motifs is 1. The van der Waals surface area contributed by atoms with Gasteiger partial charge in [0.25, 0.3) is 5.91 Å². The van der Waals surface area contributed by atoms with Gasteiger partial charge in [-0.1, -0.05) is 36.4 Å². The Morgan fingerprint density at radius 2 is 1.91 bits per heavy atom. The summed E-state index contributed by atoms with van der Waals surface area (Å²) in [5.74, 6) is 0.489. The average molecular weight is 472 g/mol. The summed E-state index contributed by atoms with van der Waals surface area (Å²) in [6, 6.07) is 17.5. The molecule has 7 nitrogen and oxygen atoms in total. The SMILES string of the molecule is COc1ccccc1-c1c[nH]c2ncc(-c3cccc(C(O)C(=O)N(C)C4CCOCC4)c3)cc12. The minimum absolute atomic E-state index is 0.0858. The van der Waals surface area contributed by atoms with Gasteiger partial charge in [-0.3, -0.25) is 4.79 Å². The van der Waals surface area contributed by atoms with Crippen molar-refractivity contribution in [3.63, 3.8) is 0 Å². The fraction of sp³-hybridized carbons (Fsp3) is 0.286. The number of ether oxygens (including phenoxy) is 2. The Balaban J connectivity index is 1.45. The summed E-state index contributed by atoms with van der Waals surface area (Å²) in [6.45, 7) is 1.28. The number of nitrogens with zero attached hydrogens (tertiary/aromatic N) is 2. The second-order valence-electron chi connectivity index (χ2n) is 8.84. The van der Waals surface area contributed by atoms with Crippen molar-refractivity contribution >= 4 is 16.9 Å². The van der Waals surface area contributed by atoms with Crippen LogP contribution in [0.3, 0.4) is 0 Å². The minimum atomic E-state index is -1.23. The van der Waals surface area contributed by atoms with Crippen LogP contribution in [-0.4, -0.2) is 59.3 Å². The number of hydrogen-bond donors (Lipinski definition) is 2. The quantitative estimate of drug-likeness (QED) is 0.430. The zero-order chi connectivity index (χ0) is 24.4. The second-order valence-corrected chi connectivity index (χ2v) is 8.84. The highest BCUT2D eigenvalue weighted by atomic mass is 16.5. The molecule has 0 aliphatic carbocycles. The Bertz CT molecular complexity index is 1340. The summed E-state index contributed by atoms with van der Waals surface area (Å²) in [4.78, 5) is 22.5. The molecular weight excluding hydrogens is 442 g/mol. The van der Waals surface area contributed by atoms with Crippen LogP contribution in [0, 0.1) is 0 Å². The van der Waals surface area contributed by atoms with Crippen molar-refractivity contribution in [3.05, 3.63) is 72.6 Å². The van der Waals surface area contributed by atoms with Crippen molar-refractivity contribution in [2.75, 3.05) is 27.4 Å². The molecule has 1 aliphatic heterocycles. The van der Waals surface area contributed by atoms with Crippen LogP contribution in [-0.2, 0) is 9.53 Å². The van der Waals surface area contributed by atoms with E-state index in [1.54, 1.807) is 31.3 Å². The maximum Gasteiger partial charge on any atom is 0.256 e. The van der Waals surface area contributed by atoms with E-state index < -0.39 is 6.10 Å². The third-order valence-electron chi connectivity index (χ3n) is 6.78. The first kappa shape index (κ1) is 23.1. The van der Waals surface area contributed by atoms with Crippen LogP contribution in [0.4, 0.5) is 0 Å². The van der Waals surface area contributed by atoms with Crippen molar-refractivity contribution in [2.45, 2.75) is 25.0 Å². The number of pyridine rings is 1. The number of amides is 1. The molecule has 0 bridgehead atoms. The Hall–Kier alpha value is -3.68. The molecule has 1 saturated heterocycles. The summed E-state index contributed by atoms with van der Waals surface area (Å²) in [7, 11) is 3.42. The summed E-state index contributed by atoms with van der Waals surface area (Å²) in [5.41, 5.74) is 5.09. The number of rotatable bonds is 6. The molecule has 0 spiro atoms. The summed E-state index contributed by atoms with van der Waals surface area (Å²) in [5, 5.41) is 11.9. The number of aliphatic hydroxyl groups excluding tert-OH is 1. The number of para-hydroxylation sites is 1. The number of H-pyrrole nitrogens is 1. The monoisotopic (exact) mass is 471 g/mol. The first-order valence-corrected chi connectivity index (χ1v) is 11.8. The number of aliphatic hydroxyl groups is 1. The lowest BCUT2D eigenvalue weighted by Gasteiger charge is -2.32. The number of benzene rings is 2. The van der Waals surface area contributed by atoms with Gasteiger partial charge in [-0.05, 0) is 42.2 Å². The van der Waals surface area contributed by atoms with Gasteiger partial charge in [0.2, 0.25) is 0 Å². The van der Waals surface area contributed by atoms with Crippen LogP contribution in [0.25, 0.3) is 33.3 Å². The van der Waals surface area contributed by atoms with Gasteiger partial charge >= 0.3 is 0 Å². The molecule has 7 heteroatoms. The number of likely N-dealkylation sites (N-methyl/N-ethyl adjacent to an activating group) is 1. The molecule has 1 fully saturated rings. The lowest BCUT2D eigenvalue weighted by molar-refractivity contribution is -0.143. The van der Waals surface area contributed by atoms with Crippen LogP contribution >= 0.6 is 0 Å². The largest absolute Gasteiger partial charge is 0.496 e. The third-order valence-corrected chi connectivity index (χ3v) is 6.78. The normalized spacial score (nSPS) is 15.2. The Morgan fingerprint density at radius 1 is 1.11 bits per heavy atom. The van der Waals surface area contributed by atoms with Crippen LogP contribution in [0.15, 0.2) is 67.0 Å². The molecular formula is C28H29N3O4. The van der Waals surface area contributed by atoms with Gasteiger partial charge in [0.1, 0.15) is 11.4 Å². The molecule has 3 heterocycles. The van der Waals surface area contributed by atoms with E-state index in [4.69, 9.17) is 9.47 Å². The molecule has 35 heavy (non-hydrogen) atoms. The molecule has 0 saturated carbocycles. The van der Waals surface area contributed by atoms with E-state index in [1.807, 2.05) is 48.7 Å². The van der Waals surface area contributed by atoms with Crippen LogP contribution in [0.5, 0.6) is 5.75 Å². The van der Waals surface area contributed by atoms with Crippen molar-refractivity contribution in [2.24, 2.45) is 0 Å². The number of nitrogens with one attached hydrogen (secondary N) is 1. The fourth-order valence-electron chi connectivity index (χ4n) is 4.73. The van der Waals surface area contributed by atoms with E-state index in [2.05, 4.69) is 16.0 Å². The first-order chi connectivity index (χ1) is 17.1. The first-order valence-electron chi connectivity index (χ1n) is 11.8. The summed E-state index contributed by atoms with van der Waals surface area (Å²) in [6.07, 6.45) is 4.07. The Labute approximate surface area is 204 Å². The number of aromatic nitrogens is 2.